The Bertz CT molecular complexity index is 1090. The minimum Gasteiger partial charge on any atom is -0.462 e. The van der Waals surface area contributed by atoms with Crippen LogP contribution in [0.15, 0.2) is 54.9 Å². The molecule has 152 valence electrons. The van der Waals surface area contributed by atoms with Crippen molar-refractivity contribution < 1.29 is 9.53 Å². The van der Waals surface area contributed by atoms with Crippen molar-refractivity contribution in [3.63, 3.8) is 0 Å². The van der Waals surface area contributed by atoms with Crippen LogP contribution in [0.1, 0.15) is 37.7 Å². The van der Waals surface area contributed by atoms with Crippen LogP contribution < -0.4 is 4.90 Å². The van der Waals surface area contributed by atoms with Crippen molar-refractivity contribution in [2.24, 2.45) is 0 Å². The highest BCUT2D eigenvalue weighted by Crippen LogP contribution is 2.43. The van der Waals surface area contributed by atoms with Gasteiger partial charge in [0.25, 0.3) is 0 Å². The van der Waals surface area contributed by atoms with E-state index in [2.05, 4.69) is 28.2 Å². The number of nitriles is 1. The number of fused-ring (bicyclic) bond motifs is 3. The zero-order chi connectivity index (χ0) is 20.5. The molecular weight excluding hydrogens is 376 g/mol. The number of carbonyl (C=O) groups excluding carboxylic acids is 1. The minimum atomic E-state index is -0.146. The number of hydrogen-bond donors (Lipinski definition) is 0. The van der Waals surface area contributed by atoms with Crippen LogP contribution in [0.5, 0.6) is 0 Å². The Morgan fingerprint density at radius 3 is 2.57 bits per heavy atom. The topological polar surface area (TPSA) is 71.2 Å². The SMILES string of the molecule is N#Cc1ccc(N2[C@@H]3CC[C@H]2C[C@@H](OC(=O)CCn2cccn2)C3)c2ccccc12. The van der Waals surface area contributed by atoms with E-state index in [0.717, 1.165) is 36.5 Å². The van der Waals surface area contributed by atoms with E-state index < -0.39 is 0 Å². The molecule has 6 nitrogen and oxygen atoms in total. The summed E-state index contributed by atoms with van der Waals surface area (Å²) in [5.41, 5.74) is 1.91. The van der Waals surface area contributed by atoms with E-state index in [1.54, 1.807) is 10.9 Å². The van der Waals surface area contributed by atoms with E-state index in [9.17, 15) is 10.1 Å². The molecule has 3 heterocycles. The van der Waals surface area contributed by atoms with Gasteiger partial charge in [-0.05, 0) is 31.0 Å². The largest absolute Gasteiger partial charge is 0.462 e. The second-order valence-electron chi connectivity index (χ2n) is 8.18. The molecule has 3 atom stereocenters. The number of aromatic nitrogens is 2. The Morgan fingerprint density at radius 2 is 1.87 bits per heavy atom. The Kier molecular flexibility index (Phi) is 4.88. The van der Waals surface area contributed by atoms with Crippen molar-refractivity contribution in [1.29, 1.82) is 5.26 Å². The fourth-order valence-corrected chi connectivity index (χ4v) is 5.11. The van der Waals surface area contributed by atoms with E-state index in [4.69, 9.17) is 4.74 Å². The Labute approximate surface area is 175 Å². The van der Waals surface area contributed by atoms with Crippen LogP contribution in [-0.2, 0) is 16.1 Å². The molecule has 1 aromatic heterocycles. The molecule has 0 radical (unpaired) electrons. The van der Waals surface area contributed by atoms with E-state index in [1.165, 1.54) is 5.69 Å². The number of benzene rings is 2. The zero-order valence-corrected chi connectivity index (χ0v) is 16.8. The summed E-state index contributed by atoms with van der Waals surface area (Å²) in [6.45, 7) is 0.550. The van der Waals surface area contributed by atoms with E-state index >= 15 is 0 Å². The van der Waals surface area contributed by atoms with Gasteiger partial charge in [0.1, 0.15) is 6.10 Å². The number of hydrogen-bond acceptors (Lipinski definition) is 5. The van der Waals surface area contributed by atoms with Gasteiger partial charge in [-0.1, -0.05) is 24.3 Å². The van der Waals surface area contributed by atoms with Crippen LogP contribution in [0.3, 0.4) is 0 Å². The van der Waals surface area contributed by atoms with Gasteiger partial charge in [0, 0.05) is 53.8 Å². The summed E-state index contributed by atoms with van der Waals surface area (Å²) in [4.78, 5) is 14.8. The first kappa shape index (κ1) is 18.7. The van der Waals surface area contributed by atoms with Crippen molar-refractivity contribution in [3.8, 4) is 6.07 Å². The molecule has 0 aliphatic carbocycles. The molecule has 6 heteroatoms. The van der Waals surface area contributed by atoms with E-state index in [0.29, 0.717) is 30.6 Å². The summed E-state index contributed by atoms with van der Waals surface area (Å²) in [6.07, 6.45) is 7.84. The molecule has 0 unspecified atom stereocenters. The van der Waals surface area contributed by atoms with Crippen molar-refractivity contribution in [2.75, 3.05) is 4.90 Å². The van der Waals surface area contributed by atoms with Gasteiger partial charge in [0.15, 0.2) is 0 Å². The number of nitrogens with zero attached hydrogens (tertiary/aromatic N) is 4. The maximum absolute atomic E-state index is 12.3. The molecule has 0 amide bonds. The van der Waals surface area contributed by atoms with Crippen LogP contribution in [0.4, 0.5) is 5.69 Å². The molecule has 5 rings (SSSR count). The minimum absolute atomic E-state index is 0.0199. The third-order valence-electron chi connectivity index (χ3n) is 6.39. The summed E-state index contributed by atoms with van der Waals surface area (Å²) < 4.78 is 7.58. The van der Waals surface area contributed by atoms with Gasteiger partial charge in [-0.25, -0.2) is 0 Å². The van der Waals surface area contributed by atoms with Crippen LogP contribution in [-0.4, -0.2) is 33.9 Å². The highest BCUT2D eigenvalue weighted by Gasteiger charge is 2.42. The normalized spacial score (nSPS) is 22.8. The summed E-state index contributed by atoms with van der Waals surface area (Å²) in [5.74, 6) is -0.146. The molecule has 2 fully saturated rings. The fourth-order valence-electron chi connectivity index (χ4n) is 5.11. The lowest BCUT2D eigenvalue weighted by Crippen LogP contribution is -2.46. The third kappa shape index (κ3) is 3.41. The fraction of sp³-hybridized carbons (Fsp3) is 0.375. The van der Waals surface area contributed by atoms with Gasteiger partial charge >= 0.3 is 5.97 Å². The lowest BCUT2D eigenvalue weighted by molar-refractivity contribution is -0.150. The summed E-state index contributed by atoms with van der Waals surface area (Å²) in [6, 6.07) is 17.0. The van der Waals surface area contributed by atoms with Gasteiger partial charge in [0.2, 0.25) is 0 Å². The molecule has 2 aromatic carbocycles. The Morgan fingerprint density at radius 1 is 1.10 bits per heavy atom. The molecular formula is C24H24N4O2. The lowest BCUT2D eigenvalue weighted by Gasteiger charge is -2.40. The Balaban J connectivity index is 1.30. The van der Waals surface area contributed by atoms with Crippen LogP contribution in [0.2, 0.25) is 0 Å². The second kappa shape index (κ2) is 7.83. The van der Waals surface area contributed by atoms with Crippen molar-refractivity contribution in [2.45, 2.75) is 56.8 Å². The number of ether oxygens (including phenoxy) is 1. The van der Waals surface area contributed by atoms with Gasteiger partial charge in [-0.3, -0.25) is 9.48 Å². The van der Waals surface area contributed by atoms with Gasteiger partial charge in [-0.15, -0.1) is 0 Å². The summed E-state index contributed by atoms with van der Waals surface area (Å²) in [7, 11) is 0. The molecule has 0 N–H and O–H groups in total. The van der Waals surface area contributed by atoms with E-state index in [1.807, 2.05) is 36.5 Å². The predicted molar refractivity (Wildman–Crippen MR) is 114 cm³/mol. The second-order valence-corrected chi connectivity index (χ2v) is 8.18. The number of carbonyl (C=O) groups is 1. The lowest BCUT2D eigenvalue weighted by atomic mass is 9.96. The molecule has 2 bridgehead atoms. The van der Waals surface area contributed by atoms with Crippen molar-refractivity contribution in [1.82, 2.24) is 9.78 Å². The third-order valence-corrected chi connectivity index (χ3v) is 6.39. The molecule has 2 aliphatic heterocycles. The maximum atomic E-state index is 12.3. The highest BCUT2D eigenvalue weighted by atomic mass is 16.5. The average molecular weight is 400 g/mol. The number of piperidine rings is 1. The molecule has 0 saturated carbocycles. The first-order valence-corrected chi connectivity index (χ1v) is 10.6. The average Bonchev–Trinajstić information content (AvgIpc) is 3.37. The quantitative estimate of drug-likeness (QED) is 0.605. The molecule has 2 aliphatic rings. The van der Waals surface area contributed by atoms with Gasteiger partial charge < -0.3 is 9.64 Å². The molecule has 2 saturated heterocycles. The number of anilines is 1. The van der Waals surface area contributed by atoms with Gasteiger partial charge in [0.05, 0.1) is 24.6 Å². The highest BCUT2D eigenvalue weighted by molar-refractivity contribution is 5.98. The Hall–Kier alpha value is -3.33. The number of esters is 1. The van der Waals surface area contributed by atoms with Crippen LogP contribution >= 0.6 is 0 Å². The smallest absolute Gasteiger partial charge is 0.307 e. The molecule has 30 heavy (non-hydrogen) atoms. The summed E-state index contributed by atoms with van der Waals surface area (Å²) in [5, 5.41) is 15.7. The van der Waals surface area contributed by atoms with Crippen molar-refractivity contribution >= 4 is 22.4 Å². The van der Waals surface area contributed by atoms with Crippen molar-refractivity contribution in [3.05, 3.63) is 60.4 Å². The molecule has 0 spiro atoms. The summed E-state index contributed by atoms with van der Waals surface area (Å²) >= 11 is 0. The van der Waals surface area contributed by atoms with Crippen LogP contribution in [0, 0.1) is 11.3 Å². The monoisotopic (exact) mass is 400 g/mol. The first-order chi connectivity index (χ1) is 14.7. The van der Waals surface area contributed by atoms with E-state index in [-0.39, 0.29) is 12.1 Å². The standard InChI is InChI=1S/C24H24N4O2/c25-16-17-6-9-23(22-5-2-1-4-21(17)22)28-18-7-8-19(28)15-20(14-18)30-24(29)10-13-27-12-3-11-26-27/h1-6,9,11-12,18-20H,7-8,10,13-15H2/t18-,19+,20+. The maximum Gasteiger partial charge on any atom is 0.307 e. The first-order valence-electron chi connectivity index (χ1n) is 10.6. The van der Waals surface area contributed by atoms with Crippen LogP contribution in [0.25, 0.3) is 10.8 Å². The number of aryl methyl sites for hydroxylation is 1. The number of rotatable bonds is 5. The zero-order valence-electron chi connectivity index (χ0n) is 16.8. The predicted octanol–water partition coefficient (Wildman–Crippen LogP) is 4.04. The van der Waals surface area contributed by atoms with Gasteiger partial charge in [-0.2, -0.15) is 10.4 Å². The molecule has 3 aromatic rings.